The third-order valence-electron chi connectivity index (χ3n) is 4.83. The third kappa shape index (κ3) is 5.66. The van der Waals surface area contributed by atoms with Crippen LogP contribution >= 0.6 is 0 Å². The minimum atomic E-state index is -0.762. The molecule has 3 N–H and O–H groups in total. The van der Waals surface area contributed by atoms with E-state index in [1.807, 2.05) is 31.3 Å². The number of rotatable bonds is 6. The first-order chi connectivity index (χ1) is 13.7. The molecule has 1 aromatic carbocycles. The van der Waals surface area contributed by atoms with Crippen molar-refractivity contribution in [3.8, 4) is 0 Å². The second-order valence-electron chi connectivity index (χ2n) is 6.88. The van der Waals surface area contributed by atoms with Gasteiger partial charge in [-0.15, -0.1) is 0 Å². The molecule has 6 nitrogen and oxygen atoms in total. The van der Waals surface area contributed by atoms with E-state index in [1.165, 1.54) is 12.1 Å². The number of nitrogens with one attached hydrogen (secondary N) is 2. The summed E-state index contributed by atoms with van der Waals surface area (Å²) in [5, 5.41) is 17.0. The van der Waals surface area contributed by atoms with Crippen LogP contribution in [0.25, 0.3) is 0 Å². The van der Waals surface area contributed by atoms with E-state index in [9.17, 15) is 9.50 Å². The predicted molar refractivity (Wildman–Crippen MR) is 110 cm³/mol. The summed E-state index contributed by atoms with van der Waals surface area (Å²) in [5.41, 5.74) is 0.657. The lowest BCUT2D eigenvalue weighted by Crippen LogP contribution is -2.49. The monoisotopic (exact) mass is 385 g/mol. The first kappa shape index (κ1) is 20.1. The summed E-state index contributed by atoms with van der Waals surface area (Å²) in [6, 6.07) is 12.2. The smallest absolute Gasteiger partial charge is 0.191 e. The molecule has 150 valence electrons. The van der Waals surface area contributed by atoms with Gasteiger partial charge in [-0.1, -0.05) is 18.2 Å². The topological polar surface area (TPSA) is 72.8 Å². The molecule has 1 unspecified atom stereocenters. The van der Waals surface area contributed by atoms with Gasteiger partial charge in [0.1, 0.15) is 11.6 Å². The zero-order valence-corrected chi connectivity index (χ0v) is 16.2. The summed E-state index contributed by atoms with van der Waals surface area (Å²) in [6.07, 6.45) is 3.03. The number of halogens is 1. The number of piperidine rings is 1. The molecule has 0 bridgehead atoms. The first-order valence-corrected chi connectivity index (χ1v) is 9.80. The molecule has 0 spiro atoms. The van der Waals surface area contributed by atoms with Crippen molar-refractivity contribution >= 4 is 11.8 Å². The van der Waals surface area contributed by atoms with Crippen molar-refractivity contribution in [3.63, 3.8) is 0 Å². The fraction of sp³-hybridized carbons (Fsp3) is 0.429. The second kappa shape index (κ2) is 10.0. The van der Waals surface area contributed by atoms with Gasteiger partial charge in [-0.05, 0) is 49.6 Å². The Balaban J connectivity index is 1.53. The van der Waals surface area contributed by atoms with E-state index >= 15 is 0 Å². The van der Waals surface area contributed by atoms with E-state index in [2.05, 4.69) is 25.5 Å². The maximum atomic E-state index is 13.0. The van der Waals surface area contributed by atoms with Crippen molar-refractivity contribution in [1.29, 1.82) is 0 Å². The van der Waals surface area contributed by atoms with Gasteiger partial charge in [-0.3, -0.25) is 4.99 Å². The van der Waals surface area contributed by atoms with Gasteiger partial charge < -0.3 is 20.6 Å². The van der Waals surface area contributed by atoms with Crippen LogP contribution in [0.2, 0.25) is 0 Å². The van der Waals surface area contributed by atoms with Crippen LogP contribution in [-0.4, -0.2) is 48.3 Å². The van der Waals surface area contributed by atoms with Crippen molar-refractivity contribution in [2.75, 3.05) is 31.1 Å². The van der Waals surface area contributed by atoms with Crippen molar-refractivity contribution in [3.05, 3.63) is 60.0 Å². The average Bonchev–Trinajstić information content (AvgIpc) is 2.73. The summed E-state index contributed by atoms with van der Waals surface area (Å²) in [5.74, 6) is 1.40. The van der Waals surface area contributed by atoms with Gasteiger partial charge in [0.15, 0.2) is 5.96 Å². The number of aliphatic hydroxyl groups is 1. The maximum Gasteiger partial charge on any atom is 0.191 e. The number of nitrogens with zero attached hydrogens (tertiary/aromatic N) is 3. The highest BCUT2D eigenvalue weighted by molar-refractivity contribution is 5.80. The van der Waals surface area contributed by atoms with Gasteiger partial charge >= 0.3 is 0 Å². The van der Waals surface area contributed by atoms with E-state index < -0.39 is 6.10 Å². The summed E-state index contributed by atoms with van der Waals surface area (Å²) in [4.78, 5) is 11.2. The standard InChI is InChI=1S/C21H28FN5O/c1-2-23-21(25-15-19(28)16-6-8-17(22)9-7-16)26-18-10-13-27(14-11-18)20-5-3-4-12-24-20/h3-9,12,18-19,28H,2,10-11,13-15H2,1H3,(H2,23,25,26). The molecule has 7 heteroatoms. The molecule has 1 saturated heterocycles. The van der Waals surface area contributed by atoms with E-state index in [4.69, 9.17) is 0 Å². The molecule has 0 saturated carbocycles. The number of benzene rings is 1. The molecule has 28 heavy (non-hydrogen) atoms. The molecule has 2 heterocycles. The predicted octanol–water partition coefficient (Wildman–Crippen LogP) is 2.48. The van der Waals surface area contributed by atoms with E-state index in [0.717, 1.165) is 38.3 Å². The number of aliphatic hydroxyl groups excluding tert-OH is 1. The number of anilines is 1. The Labute approximate surface area is 165 Å². The van der Waals surface area contributed by atoms with Crippen LogP contribution in [0.1, 0.15) is 31.4 Å². The van der Waals surface area contributed by atoms with E-state index in [0.29, 0.717) is 17.6 Å². The van der Waals surface area contributed by atoms with Crippen molar-refractivity contribution in [2.45, 2.75) is 31.9 Å². The Bertz CT molecular complexity index is 745. The van der Waals surface area contributed by atoms with Crippen LogP contribution in [0.5, 0.6) is 0 Å². The Morgan fingerprint density at radius 1 is 1.25 bits per heavy atom. The Morgan fingerprint density at radius 3 is 2.64 bits per heavy atom. The fourth-order valence-electron chi connectivity index (χ4n) is 3.28. The minimum Gasteiger partial charge on any atom is -0.386 e. The summed E-state index contributed by atoms with van der Waals surface area (Å²) in [6.45, 7) is 4.84. The molecule has 0 aliphatic carbocycles. The summed E-state index contributed by atoms with van der Waals surface area (Å²) < 4.78 is 13.0. The van der Waals surface area contributed by atoms with Crippen LogP contribution in [0.15, 0.2) is 53.7 Å². The minimum absolute atomic E-state index is 0.216. The molecule has 1 fully saturated rings. The highest BCUT2D eigenvalue weighted by Crippen LogP contribution is 2.17. The summed E-state index contributed by atoms with van der Waals surface area (Å²) >= 11 is 0. The molecule has 3 rings (SSSR count). The maximum absolute atomic E-state index is 13.0. The summed E-state index contributed by atoms with van der Waals surface area (Å²) in [7, 11) is 0. The van der Waals surface area contributed by atoms with Crippen LogP contribution in [0, 0.1) is 5.82 Å². The van der Waals surface area contributed by atoms with Crippen LogP contribution in [0.3, 0.4) is 0 Å². The lowest BCUT2D eigenvalue weighted by molar-refractivity contribution is 0.187. The van der Waals surface area contributed by atoms with Crippen LogP contribution < -0.4 is 15.5 Å². The Morgan fingerprint density at radius 2 is 2.00 bits per heavy atom. The molecule has 1 aromatic heterocycles. The Kier molecular flexibility index (Phi) is 7.19. The van der Waals surface area contributed by atoms with Gasteiger partial charge in [-0.25, -0.2) is 9.37 Å². The Hall–Kier alpha value is -2.67. The van der Waals surface area contributed by atoms with Crippen LogP contribution in [0.4, 0.5) is 10.2 Å². The SMILES string of the molecule is CCNC(=NCC(O)c1ccc(F)cc1)NC1CCN(c2ccccn2)CC1. The van der Waals surface area contributed by atoms with E-state index in [-0.39, 0.29) is 12.4 Å². The largest absolute Gasteiger partial charge is 0.386 e. The molecular formula is C21H28FN5O. The number of aliphatic imine (C=N–C) groups is 1. The van der Waals surface area contributed by atoms with E-state index in [1.54, 1.807) is 12.1 Å². The molecule has 0 amide bonds. The van der Waals surface area contributed by atoms with Crippen LogP contribution in [-0.2, 0) is 0 Å². The van der Waals surface area contributed by atoms with Crippen molar-refractivity contribution < 1.29 is 9.50 Å². The zero-order chi connectivity index (χ0) is 19.8. The average molecular weight is 385 g/mol. The number of pyridine rings is 1. The molecule has 2 aromatic rings. The van der Waals surface area contributed by atoms with Gasteiger partial charge in [0, 0.05) is 31.9 Å². The lowest BCUT2D eigenvalue weighted by Gasteiger charge is -2.33. The third-order valence-corrected chi connectivity index (χ3v) is 4.83. The lowest BCUT2D eigenvalue weighted by atomic mass is 10.1. The zero-order valence-electron chi connectivity index (χ0n) is 16.2. The van der Waals surface area contributed by atoms with Gasteiger partial charge in [-0.2, -0.15) is 0 Å². The van der Waals surface area contributed by atoms with Gasteiger partial charge in [0.2, 0.25) is 0 Å². The number of hydrogen-bond acceptors (Lipinski definition) is 4. The first-order valence-electron chi connectivity index (χ1n) is 9.80. The number of hydrogen-bond donors (Lipinski definition) is 3. The number of aromatic nitrogens is 1. The van der Waals surface area contributed by atoms with Gasteiger partial charge in [0.25, 0.3) is 0 Å². The fourth-order valence-corrected chi connectivity index (χ4v) is 3.28. The van der Waals surface area contributed by atoms with Crippen molar-refractivity contribution in [1.82, 2.24) is 15.6 Å². The quantitative estimate of drug-likeness (QED) is 0.526. The normalized spacial score (nSPS) is 16.7. The molecule has 1 atom stereocenters. The molecule has 1 aliphatic rings. The second-order valence-corrected chi connectivity index (χ2v) is 6.88. The molecular weight excluding hydrogens is 357 g/mol. The molecule has 1 aliphatic heterocycles. The highest BCUT2D eigenvalue weighted by atomic mass is 19.1. The van der Waals surface area contributed by atoms with Gasteiger partial charge in [0.05, 0.1) is 12.6 Å². The molecule has 0 radical (unpaired) electrons. The number of guanidine groups is 1. The van der Waals surface area contributed by atoms with Crippen molar-refractivity contribution in [2.24, 2.45) is 4.99 Å². The highest BCUT2D eigenvalue weighted by Gasteiger charge is 2.21.